The normalized spacial score (nSPS) is 18.5. The smallest absolute Gasteiger partial charge is 0.250 e. The van der Waals surface area contributed by atoms with Gasteiger partial charge in [0.05, 0.1) is 23.1 Å². The van der Waals surface area contributed by atoms with E-state index >= 15 is 0 Å². The molecule has 2 aliphatic rings. The van der Waals surface area contributed by atoms with Gasteiger partial charge < -0.3 is 9.62 Å². The number of furan rings is 1. The summed E-state index contributed by atoms with van der Waals surface area (Å²) in [5.74, 6) is -1.10. The Morgan fingerprint density at radius 2 is 2.00 bits per heavy atom. The van der Waals surface area contributed by atoms with Crippen LogP contribution in [-0.2, 0) is 4.79 Å². The van der Waals surface area contributed by atoms with E-state index in [-0.39, 0.29) is 28.3 Å². The number of fused-ring (bicyclic) bond motifs is 2. The highest BCUT2D eigenvalue weighted by Crippen LogP contribution is 2.30. The fourth-order valence-corrected chi connectivity index (χ4v) is 2.90. The Balaban J connectivity index is 1.73. The number of allylic oxidation sites excluding steroid dienone is 7. The van der Waals surface area contributed by atoms with Crippen molar-refractivity contribution < 1.29 is 24.0 Å². The SMILES string of the molecule is O=CN=C1C=CC=CC1=CC=Cc1c2c(nn1O)C(=O)c1occc1C2=O. The number of carbonyl (C=O) groups excluding carboxylic acids is 3. The quantitative estimate of drug-likeness (QED) is 0.565. The predicted molar refractivity (Wildman–Crippen MR) is 93.9 cm³/mol. The molecule has 2 heterocycles. The number of carbonyl (C=O) groups is 3. The lowest BCUT2D eigenvalue weighted by atomic mass is 9.92. The molecule has 8 heteroatoms. The second-order valence-corrected chi connectivity index (χ2v) is 5.64. The third-order valence-electron chi connectivity index (χ3n) is 4.12. The van der Waals surface area contributed by atoms with Crippen molar-refractivity contribution in [1.82, 2.24) is 9.94 Å². The molecular formula is C19H11N3O5. The summed E-state index contributed by atoms with van der Waals surface area (Å²) in [6.45, 7) is 0. The average Bonchev–Trinajstić information content (AvgIpc) is 3.27. The summed E-state index contributed by atoms with van der Waals surface area (Å²) < 4.78 is 5.06. The van der Waals surface area contributed by atoms with Crippen molar-refractivity contribution >= 4 is 29.8 Å². The summed E-state index contributed by atoms with van der Waals surface area (Å²) in [4.78, 5) is 39.9. The molecule has 27 heavy (non-hydrogen) atoms. The van der Waals surface area contributed by atoms with Crippen molar-refractivity contribution in [3.8, 4) is 0 Å². The van der Waals surface area contributed by atoms with Gasteiger partial charge in [0.1, 0.15) is 5.69 Å². The van der Waals surface area contributed by atoms with Gasteiger partial charge in [0.2, 0.25) is 18.0 Å². The minimum Gasteiger partial charge on any atom is -0.460 e. The third-order valence-corrected chi connectivity index (χ3v) is 4.12. The van der Waals surface area contributed by atoms with E-state index in [1.54, 1.807) is 36.5 Å². The molecule has 2 aromatic rings. The summed E-state index contributed by atoms with van der Waals surface area (Å²) >= 11 is 0. The van der Waals surface area contributed by atoms with Crippen LogP contribution in [0.5, 0.6) is 0 Å². The highest BCUT2D eigenvalue weighted by Gasteiger charge is 2.38. The molecule has 132 valence electrons. The molecule has 0 atom stereocenters. The molecule has 0 aliphatic heterocycles. The van der Waals surface area contributed by atoms with Crippen molar-refractivity contribution in [1.29, 1.82) is 0 Å². The van der Waals surface area contributed by atoms with Gasteiger partial charge in [0.25, 0.3) is 0 Å². The van der Waals surface area contributed by atoms with E-state index in [4.69, 9.17) is 4.42 Å². The van der Waals surface area contributed by atoms with Crippen LogP contribution in [0.25, 0.3) is 6.08 Å². The van der Waals surface area contributed by atoms with Crippen LogP contribution < -0.4 is 0 Å². The molecule has 0 aromatic carbocycles. The second-order valence-electron chi connectivity index (χ2n) is 5.64. The molecule has 4 rings (SSSR count). The summed E-state index contributed by atoms with van der Waals surface area (Å²) in [5.41, 5.74) is 1.18. The molecule has 0 saturated heterocycles. The zero-order valence-electron chi connectivity index (χ0n) is 13.7. The van der Waals surface area contributed by atoms with E-state index in [1.165, 1.54) is 18.4 Å². The first-order chi connectivity index (χ1) is 13.1. The first kappa shape index (κ1) is 16.4. The summed E-state index contributed by atoms with van der Waals surface area (Å²) in [5, 5.41) is 13.8. The van der Waals surface area contributed by atoms with E-state index < -0.39 is 11.6 Å². The van der Waals surface area contributed by atoms with Crippen molar-refractivity contribution in [3.63, 3.8) is 0 Å². The van der Waals surface area contributed by atoms with Crippen LogP contribution in [0.2, 0.25) is 0 Å². The van der Waals surface area contributed by atoms with Crippen molar-refractivity contribution in [2.75, 3.05) is 0 Å². The molecule has 0 spiro atoms. The molecule has 1 N–H and O–H groups in total. The van der Waals surface area contributed by atoms with E-state index in [9.17, 15) is 19.6 Å². The molecule has 2 aliphatic carbocycles. The Morgan fingerprint density at radius 1 is 1.19 bits per heavy atom. The first-order valence-corrected chi connectivity index (χ1v) is 7.86. The van der Waals surface area contributed by atoms with Gasteiger partial charge in [-0.3, -0.25) is 14.4 Å². The van der Waals surface area contributed by atoms with Crippen LogP contribution in [0.15, 0.2) is 63.8 Å². The van der Waals surface area contributed by atoms with Crippen LogP contribution in [0.4, 0.5) is 0 Å². The van der Waals surface area contributed by atoms with Crippen LogP contribution in [0, 0.1) is 0 Å². The van der Waals surface area contributed by atoms with E-state index in [2.05, 4.69) is 10.1 Å². The number of hydrogen-bond acceptors (Lipinski definition) is 6. The minimum absolute atomic E-state index is 0.00640. The predicted octanol–water partition coefficient (Wildman–Crippen LogP) is 2.15. The second kappa shape index (κ2) is 6.34. The zero-order valence-corrected chi connectivity index (χ0v) is 13.7. The van der Waals surface area contributed by atoms with Gasteiger partial charge in [0.15, 0.2) is 11.5 Å². The number of rotatable bonds is 3. The molecule has 2 aromatic heterocycles. The van der Waals surface area contributed by atoms with E-state index in [1.807, 2.05) is 0 Å². The van der Waals surface area contributed by atoms with Crippen LogP contribution in [-0.4, -0.2) is 38.8 Å². The van der Waals surface area contributed by atoms with Crippen LogP contribution in [0.1, 0.15) is 37.9 Å². The lowest BCUT2D eigenvalue weighted by molar-refractivity contribution is -0.106. The zero-order chi connectivity index (χ0) is 19.0. The monoisotopic (exact) mass is 361 g/mol. The third kappa shape index (κ3) is 2.60. The van der Waals surface area contributed by atoms with E-state index in [0.29, 0.717) is 22.5 Å². The number of amides is 1. The summed E-state index contributed by atoms with van der Waals surface area (Å²) in [6, 6.07) is 1.41. The number of aromatic nitrogens is 2. The largest absolute Gasteiger partial charge is 0.460 e. The molecule has 0 unspecified atom stereocenters. The fraction of sp³-hybridized carbons (Fsp3) is 0. The number of ketones is 2. The lowest BCUT2D eigenvalue weighted by Gasteiger charge is -2.07. The lowest BCUT2D eigenvalue weighted by Crippen LogP contribution is -2.18. The molecule has 1 amide bonds. The molecule has 0 bridgehead atoms. The minimum atomic E-state index is -0.564. The number of nitrogens with zero attached hydrogens (tertiary/aromatic N) is 3. The first-order valence-electron chi connectivity index (χ1n) is 7.86. The average molecular weight is 361 g/mol. The Morgan fingerprint density at radius 3 is 2.81 bits per heavy atom. The van der Waals surface area contributed by atoms with Gasteiger partial charge in [-0.25, -0.2) is 4.99 Å². The van der Waals surface area contributed by atoms with Crippen molar-refractivity contribution in [3.05, 3.63) is 82.6 Å². The van der Waals surface area contributed by atoms with Crippen LogP contribution in [0.3, 0.4) is 0 Å². The fourth-order valence-electron chi connectivity index (χ4n) is 2.90. The highest BCUT2D eigenvalue weighted by molar-refractivity contribution is 6.27. The summed E-state index contributed by atoms with van der Waals surface area (Å²) in [6.07, 6.45) is 13.3. The van der Waals surface area contributed by atoms with Gasteiger partial charge in [-0.1, -0.05) is 30.4 Å². The van der Waals surface area contributed by atoms with Gasteiger partial charge in [-0.05, 0) is 18.2 Å². The maximum Gasteiger partial charge on any atom is 0.250 e. The topological polar surface area (TPSA) is 115 Å². The maximum absolute atomic E-state index is 12.6. The Bertz CT molecular complexity index is 1140. The van der Waals surface area contributed by atoms with Gasteiger partial charge >= 0.3 is 0 Å². The number of aliphatic imine (C=N–C) groups is 1. The Labute approximate surface area is 152 Å². The standard InChI is InChI=1S/C19H11N3O5/c23-10-20-13-6-2-1-4-11(13)5-3-7-14-15-16(21-22(14)26)18(25)19-12(17(15)24)8-9-27-19/h1-10,26H. The Kier molecular flexibility index (Phi) is 3.85. The molecule has 0 saturated carbocycles. The van der Waals surface area contributed by atoms with Crippen LogP contribution >= 0.6 is 0 Å². The van der Waals surface area contributed by atoms with Crippen molar-refractivity contribution in [2.24, 2.45) is 4.99 Å². The molecule has 8 nitrogen and oxygen atoms in total. The summed E-state index contributed by atoms with van der Waals surface area (Å²) in [7, 11) is 0. The van der Waals surface area contributed by atoms with Gasteiger partial charge in [-0.15, -0.1) is 9.94 Å². The van der Waals surface area contributed by atoms with Gasteiger partial charge in [0, 0.05) is 5.57 Å². The van der Waals surface area contributed by atoms with Crippen molar-refractivity contribution in [2.45, 2.75) is 0 Å². The highest BCUT2D eigenvalue weighted by atomic mass is 16.5. The number of hydrogen-bond donors (Lipinski definition) is 1. The van der Waals surface area contributed by atoms with E-state index in [0.717, 1.165) is 0 Å². The van der Waals surface area contributed by atoms with Gasteiger partial charge in [-0.2, -0.15) is 0 Å². The molecular weight excluding hydrogens is 350 g/mol. The Hall–Kier alpha value is -4.07. The molecule has 0 fully saturated rings. The molecule has 0 radical (unpaired) electrons. The maximum atomic E-state index is 12.6.